The van der Waals surface area contributed by atoms with Gasteiger partial charge in [-0.2, -0.15) is 0 Å². The maximum absolute atomic E-state index is 10.1. The van der Waals surface area contributed by atoms with Crippen LogP contribution in [-0.2, 0) is 19.1 Å². The van der Waals surface area contributed by atoms with Gasteiger partial charge in [0.2, 0.25) is 0 Å². The lowest BCUT2D eigenvalue weighted by atomic mass is 10.5. The van der Waals surface area contributed by atoms with Gasteiger partial charge >= 0.3 is 17.9 Å². The molecule has 0 unspecified atom stereocenters. The van der Waals surface area contributed by atoms with Crippen LogP contribution in [0.25, 0.3) is 0 Å². The monoisotopic (exact) mass is 278 g/mol. The number of ether oxygens (including phenoxy) is 1. The quantitative estimate of drug-likeness (QED) is 0.464. The summed E-state index contributed by atoms with van der Waals surface area (Å²) in [5.74, 6) is -2.75. The van der Waals surface area contributed by atoms with Gasteiger partial charge in [-0.05, 0) is 5.54 Å². The van der Waals surface area contributed by atoms with Crippen molar-refractivity contribution in [3.63, 3.8) is 0 Å². The fraction of sp³-hybridized carbons (Fsp3) is 0.182. The van der Waals surface area contributed by atoms with Crippen molar-refractivity contribution in [2.75, 3.05) is 0 Å². The summed E-state index contributed by atoms with van der Waals surface area (Å²) in [7, 11) is 0. The first-order valence-corrected chi connectivity index (χ1v) is 4.94. The van der Waals surface area contributed by atoms with Crippen LogP contribution in [0.1, 0.15) is 13.3 Å². The van der Waals surface area contributed by atoms with Crippen LogP contribution in [0.4, 0.5) is 0 Å². The van der Waals surface area contributed by atoms with Crippen molar-refractivity contribution in [3.8, 4) is 0 Å². The lowest BCUT2D eigenvalue weighted by molar-refractivity contribution is -0.137. The fourth-order valence-electron chi connectivity index (χ4n) is 0.319. The third-order valence-electron chi connectivity index (χ3n) is 0.872. The molecule has 0 saturated carbocycles. The first kappa shape index (κ1) is 21.2. The minimum atomic E-state index is -1.26. The molecule has 102 valence electrons. The van der Waals surface area contributed by atoms with Crippen molar-refractivity contribution in [1.82, 2.24) is 0 Å². The molecule has 0 aliphatic carbocycles. The third-order valence-corrected chi connectivity index (χ3v) is 0.872. The second-order valence-corrected chi connectivity index (χ2v) is 2.48. The molecule has 0 amide bonds. The SMILES string of the molecule is C=CCl.C=COC(=O)CC.O=C(O)C=CC(=O)O. The van der Waals surface area contributed by atoms with Crippen LogP contribution in [0.2, 0.25) is 0 Å². The molecular formula is C11H15ClO6. The lowest BCUT2D eigenvalue weighted by Crippen LogP contribution is -1.94. The average Bonchev–Trinajstić information content (AvgIpc) is 2.28. The van der Waals surface area contributed by atoms with Crippen molar-refractivity contribution in [2.24, 2.45) is 0 Å². The van der Waals surface area contributed by atoms with Gasteiger partial charge < -0.3 is 14.9 Å². The first-order valence-electron chi connectivity index (χ1n) is 4.51. The zero-order valence-corrected chi connectivity index (χ0v) is 10.6. The van der Waals surface area contributed by atoms with Gasteiger partial charge in [-0.3, -0.25) is 4.79 Å². The molecule has 0 aromatic heterocycles. The maximum atomic E-state index is 10.1. The molecule has 0 saturated heterocycles. The van der Waals surface area contributed by atoms with Gasteiger partial charge in [-0.1, -0.05) is 31.7 Å². The number of carboxylic acid groups (broad SMARTS) is 2. The molecule has 0 heterocycles. The summed E-state index contributed by atoms with van der Waals surface area (Å²) in [4.78, 5) is 29.2. The van der Waals surface area contributed by atoms with Gasteiger partial charge in [0.05, 0.1) is 6.26 Å². The number of halogens is 1. The summed E-state index contributed by atoms with van der Waals surface area (Å²) in [6, 6.07) is 0. The topological polar surface area (TPSA) is 101 Å². The molecule has 0 spiro atoms. The Kier molecular flexibility index (Phi) is 20.4. The summed E-state index contributed by atoms with van der Waals surface area (Å²) in [5.41, 5.74) is 1.22. The highest BCUT2D eigenvalue weighted by Gasteiger charge is 1.89. The van der Waals surface area contributed by atoms with E-state index in [0.29, 0.717) is 18.6 Å². The molecule has 0 radical (unpaired) electrons. The maximum Gasteiger partial charge on any atom is 0.328 e. The van der Waals surface area contributed by atoms with Crippen LogP contribution in [-0.4, -0.2) is 28.1 Å². The highest BCUT2D eigenvalue weighted by atomic mass is 35.5. The molecule has 0 aliphatic heterocycles. The molecule has 0 aromatic rings. The summed E-state index contributed by atoms with van der Waals surface area (Å²) >= 11 is 4.76. The lowest BCUT2D eigenvalue weighted by Gasteiger charge is -1.88. The Hall–Kier alpha value is -2.08. The van der Waals surface area contributed by atoms with Gasteiger partial charge in [-0.15, -0.1) is 0 Å². The highest BCUT2D eigenvalue weighted by molar-refractivity contribution is 6.25. The molecule has 0 fully saturated rings. The molecule has 0 bridgehead atoms. The first-order chi connectivity index (χ1) is 8.35. The van der Waals surface area contributed by atoms with E-state index in [9.17, 15) is 14.4 Å². The number of rotatable bonds is 4. The van der Waals surface area contributed by atoms with Crippen molar-refractivity contribution >= 4 is 29.5 Å². The molecular weight excluding hydrogens is 264 g/mol. The molecule has 2 N–H and O–H groups in total. The molecule has 0 aromatic carbocycles. The van der Waals surface area contributed by atoms with E-state index in [1.54, 1.807) is 6.92 Å². The Morgan fingerprint density at radius 2 is 1.50 bits per heavy atom. The van der Waals surface area contributed by atoms with Gasteiger partial charge in [-0.25, -0.2) is 9.59 Å². The fourth-order valence-corrected chi connectivity index (χ4v) is 0.319. The number of hydrogen-bond acceptors (Lipinski definition) is 4. The summed E-state index contributed by atoms with van der Waals surface area (Å²) in [5, 5.41) is 15.6. The number of esters is 1. The average molecular weight is 279 g/mol. The number of hydrogen-bond donors (Lipinski definition) is 2. The van der Waals surface area contributed by atoms with Crippen LogP contribution >= 0.6 is 11.6 Å². The number of carboxylic acids is 2. The smallest absolute Gasteiger partial charge is 0.328 e. The van der Waals surface area contributed by atoms with E-state index in [-0.39, 0.29) is 5.97 Å². The molecule has 18 heavy (non-hydrogen) atoms. The molecule has 6 nitrogen and oxygen atoms in total. The number of aliphatic carboxylic acids is 2. The minimum Gasteiger partial charge on any atom is -0.478 e. The van der Waals surface area contributed by atoms with E-state index in [4.69, 9.17) is 21.8 Å². The molecule has 7 heteroatoms. The second-order valence-electron chi connectivity index (χ2n) is 2.17. The molecule has 0 rings (SSSR count). The van der Waals surface area contributed by atoms with Crippen molar-refractivity contribution in [1.29, 1.82) is 0 Å². The van der Waals surface area contributed by atoms with E-state index in [1.165, 1.54) is 5.54 Å². The van der Waals surface area contributed by atoms with E-state index in [0.717, 1.165) is 6.26 Å². The second kappa shape index (κ2) is 17.3. The predicted molar refractivity (Wildman–Crippen MR) is 67.0 cm³/mol. The Balaban J connectivity index is -0.000000207. The zero-order chi connectivity index (χ0) is 15.0. The van der Waals surface area contributed by atoms with Crippen molar-refractivity contribution < 1.29 is 29.3 Å². The Morgan fingerprint density at radius 1 is 1.17 bits per heavy atom. The number of carbonyl (C=O) groups excluding carboxylic acids is 1. The Labute approximate surface area is 110 Å². The third kappa shape index (κ3) is 37.0. The van der Waals surface area contributed by atoms with E-state index in [1.807, 2.05) is 0 Å². The summed E-state index contributed by atoms with van der Waals surface area (Å²) < 4.78 is 4.32. The minimum absolute atomic E-state index is 0.241. The van der Waals surface area contributed by atoms with Gasteiger partial charge in [0.15, 0.2) is 0 Å². The summed E-state index contributed by atoms with van der Waals surface area (Å²) in [6.07, 6.45) is 2.66. The molecule has 0 aliphatic rings. The normalized spacial score (nSPS) is 7.89. The van der Waals surface area contributed by atoms with Crippen LogP contribution in [0, 0.1) is 0 Å². The highest BCUT2D eigenvalue weighted by Crippen LogP contribution is 1.81. The van der Waals surface area contributed by atoms with Crippen molar-refractivity contribution in [3.05, 3.63) is 37.1 Å². The van der Waals surface area contributed by atoms with Crippen LogP contribution in [0.5, 0.6) is 0 Å². The van der Waals surface area contributed by atoms with Crippen LogP contribution < -0.4 is 0 Å². The van der Waals surface area contributed by atoms with E-state index >= 15 is 0 Å². The predicted octanol–water partition coefficient (Wildman–Crippen LogP) is 2.16. The van der Waals surface area contributed by atoms with Crippen LogP contribution in [0.15, 0.2) is 37.1 Å². The number of carbonyl (C=O) groups is 3. The van der Waals surface area contributed by atoms with Gasteiger partial charge in [0, 0.05) is 18.6 Å². The van der Waals surface area contributed by atoms with Crippen molar-refractivity contribution in [2.45, 2.75) is 13.3 Å². The largest absolute Gasteiger partial charge is 0.478 e. The Bertz CT molecular complexity index is 293. The summed E-state index contributed by atoms with van der Waals surface area (Å²) in [6.45, 7) is 8.06. The standard InChI is InChI=1S/C5H8O2.C4H4O4.C2H3Cl/c1-3-5(6)7-4-2;5-3(6)1-2-4(7)8;1-2-3/h4H,2-3H2,1H3;1-2H,(H,5,6)(H,7,8);2H,1H2. The zero-order valence-electron chi connectivity index (χ0n) is 9.84. The van der Waals surface area contributed by atoms with E-state index < -0.39 is 11.9 Å². The van der Waals surface area contributed by atoms with Gasteiger partial charge in [0.25, 0.3) is 0 Å². The van der Waals surface area contributed by atoms with Gasteiger partial charge in [0.1, 0.15) is 0 Å². The molecule has 0 atom stereocenters. The Morgan fingerprint density at radius 3 is 1.61 bits per heavy atom. The van der Waals surface area contributed by atoms with E-state index in [2.05, 4.69) is 17.9 Å². The van der Waals surface area contributed by atoms with Crippen LogP contribution in [0.3, 0.4) is 0 Å².